The SMILES string of the molecule is CN(CC=CC(=O)N1CCC(n2nc(-c3ccc(Oc4ccccc4)cc3)c3c(N)ncnc32)C1)C1CCC1. The normalized spacial score (nSPS) is 17.8. The summed E-state index contributed by atoms with van der Waals surface area (Å²) >= 11 is 0. The van der Waals surface area contributed by atoms with Crippen molar-refractivity contribution in [3.63, 3.8) is 0 Å². The van der Waals surface area contributed by atoms with Gasteiger partial charge >= 0.3 is 0 Å². The van der Waals surface area contributed by atoms with Crippen LogP contribution in [-0.2, 0) is 4.79 Å². The number of carbonyl (C=O) groups is 1. The fraction of sp³-hybridized carbons (Fsp3) is 0.333. The van der Waals surface area contributed by atoms with Crippen molar-refractivity contribution in [2.45, 2.75) is 37.8 Å². The van der Waals surface area contributed by atoms with Gasteiger partial charge in [-0.1, -0.05) is 30.7 Å². The molecule has 200 valence electrons. The van der Waals surface area contributed by atoms with E-state index in [9.17, 15) is 4.79 Å². The molecule has 4 aromatic rings. The largest absolute Gasteiger partial charge is 0.457 e. The molecule has 2 aliphatic rings. The molecule has 1 saturated carbocycles. The van der Waals surface area contributed by atoms with E-state index in [4.69, 9.17) is 15.6 Å². The number of para-hydroxylation sites is 1. The number of carbonyl (C=O) groups excluding carboxylic acids is 1. The van der Waals surface area contributed by atoms with E-state index in [0.29, 0.717) is 30.6 Å². The minimum absolute atomic E-state index is 0.00578. The van der Waals surface area contributed by atoms with Crippen LogP contribution >= 0.6 is 0 Å². The highest BCUT2D eigenvalue weighted by atomic mass is 16.5. The van der Waals surface area contributed by atoms with Gasteiger partial charge in [-0.25, -0.2) is 14.6 Å². The van der Waals surface area contributed by atoms with Crippen LogP contribution in [0.3, 0.4) is 0 Å². The van der Waals surface area contributed by atoms with E-state index in [1.54, 1.807) is 6.08 Å². The fourth-order valence-corrected chi connectivity index (χ4v) is 5.30. The molecule has 3 heterocycles. The highest BCUT2D eigenvalue weighted by Gasteiger charge is 2.30. The van der Waals surface area contributed by atoms with Crippen LogP contribution in [0.4, 0.5) is 5.82 Å². The van der Waals surface area contributed by atoms with Crippen LogP contribution in [0.5, 0.6) is 11.5 Å². The van der Waals surface area contributed by atoms with Gasteiger partial charge in [0.25, 0.3) is 0 Å². The lowest BCUT2D eigenvalue weighted by molar-refractivity contribution is -0.125. The Bertz CT molecular complexity index is 1480. The molecular formula is C30H33N7O2. The topological polar surface area (TPSA) is 102 Å². The number of likely N-dealkylation sites (tertiary alicyclic amines) is 1. The number of nitrogens with zero attached hydrogens (tertiary/aromatic N) is 6. The molecule has 0 spiro atoms. The van der Waals surface area contributed by atoms with Gasteiger partial charge in [-0.15, -0.1) is 0 Å². The van der Waals surface area contributed by atoms with Crippen LogP contribution in [0.25, 0.3) is 22.3 Å². The average Bonchev–Trinajstić information content (AvgIpc) is 3.55. The zero-order valence-electron chi connectivity index (χ0n) is 22.1. The molecule has 39 heavy (non-hydrogen) atoms. The van der Waals surface area contributed by atoms with Gasteiger partial charge in [-0.3, -0.25) is 9.69 Å². The first kappa shape index (κ1) is 25.1. The number of amides is 1. The third-order valence-corrected chi connectivity index (χ3v) is 7.80. The van der Waals surface area contributed by atoms with E-state index in [1.807, 2.05) is 70.3 Å². The van der Waals surface area contributed by atoms with Gasteiger partial charge in [-0.05, 0) is 62.7 Å². The van der Waals surface area contributed by atoms with Gasteiger partial charge in [0.05, 0.1) is 11.4 Å². The summed E-state index contributed by atoms with van der Waals surface area (Å²) in [5.74, 6) is 1.93. The lowest BCUT2D eigenvalue weighted by Gasteiger charge is -2.33. The number of hydrogen-bond donors (Lipinski definition) is 1. The molecule has 1 unspecified atom stereocenters. The van der Waals surface area contributed by atoms with Crippen LogP contribution in [0.15, 0.2) is 73.1 Å². The van der Waals surface area contributed by atoms with E-state index in [-0.39, 0.29) is 11.9 Å². The minimum Gasteiger partial charge on any atom is -0.457 e. The Labute approximate surface area is 227 Å². The molecule has 2 aromatic carbocycles. The van der Waals surface area contributed by atoms with E-state index in [0.717, 1.165) is 41.1 Å². The number of anilines is 1. The lowest BCUT2D eigenvalue weighted by atomic mass is 9.92. The molecule has 2 N–H and O–H groups in total. The Hall–Kier alpha value is -4.24. The van der Waals surface area contributed by atoms with Gasteiger partial charge in [0.2, 0.25) is 5.91 Å². The molecule has 9 nitrogen and oxygen atoms in total. The standard InChI is InChI=1S/C30H33N7O2/c1-35(22-7-5-8-22)17-6-11-26(38)36-18-16-23(19-36)37-30-27(29(31)32-20-33-30)28(34-37)21-12-14-25(15-13-21)39-24-9-3-2-4-10-24/h2-4,6,9-15,20,22-23H,5,7-8,16-19H2,1H3,(H2,31,32,33). The van der Waals surface area contributed by atoms with Crippen molar-refractivity contribution in [3.8, 4) is 22.8 Å². The molecule has 1 amide bonds. The molecular weight excluding hydrogens is 490 g/mol. The predicted octanol–water partition coefficient (Wildman–Crippen LogP) is 4.68. The van der Waals surface area contributed by atoms with Crippen LogP contribution in [0, 0.1) is 0 Å². The second-order valence-electron chi connectivity index (χ2n) is 10.3. The quantitative estimate of drug-likeness (QED) is 0.335. The monoisotopic (exact) mass is 523 g/mol. The zero-order chi connectivity index (χ0) is 26.8. The van der Waals surface area contributed by atoms with Crippen LogP contribution in [-0.4, -0.2) is 68.2 Å². The Kier molecular flexibility index (Phi) is 6.98. The maximum Gasteiger partial charge on any atom is 0.246 e. The maximum atomic E-state index is 12.9. The maximum absolute atomic E-state index is 12.9. The van der Waals surface area contributed by atoms with E-state index < -0.39 is 0 Å². The molecule has 0 radical (unpaired) electrons. The molecule has 6 rings (SSSR count). The van der Waals surface area contributed by atoms with Crippen LogP contribution in [0.1, 0.15) is 31.7 Å². The van der Waals surface area contributed by atoms with Gasteiger partial charge in [-0.2, -0.15) is 5.10 Å². The van der Waals surface area contributed by atoms with Gasteiger partial charge in [0.1, 0.15) is 29.3 Å². The van der Waals surface area contributed by atoms with Crippen molar-refractivity contribution < 1.29 is 9.53 Å². The Balaban J connectivity index is 1.19. The first-order chi connectivity index (χ1) is 19.1. The number of nitrogens with two attached hydrogens (primary N) is 1. The number of nitrogen functional groups attached to an aromatic ring is 1. The molecule has 9 heteroatoms. The van der Waals surface area contributed by atoms with E-state index in [1.165, 1.54) is 25.6 Å². The van der Waals surface area contributed by atoms with E-state index >= 15 is 0 Å². The minimum atomic E-state index is 0.00578. The van der Waals surface area contributed by atoms with Gasteiger partial charge in [0, 0.05) is 37.3 Å². The fourth-order valence-electron chi connectivity index (χ4n) is 5.30. The first-order valence-electron chi connectivity index (χ1n) is 13.5. The summed E-state index contributed by atoms with van der Waals surface area (Å²) in [5, 5.41) is 5.68. The van der Waals surface area contributed by atoms with Crippen molar-refractivity contribution in [3.05, 3.63) is 73.1 Å². The number of ether oxygens (including phenoxy) is 1. The zero-order valence-corrected chi connectivity index (χ0v) is 22.1. The van der Waals surface area contributed by atoms with Crippen LogP contribution < -0.4 is 10.5 Å². The molecule has 1 saturated heterocycles. The molecule has 2 fully saturated rings. The highest BCUT2D eigenvalue weighted by Crippen LogP contribution is 2.35. The summed E-state index contributed by atoms with van der Waals surface area (Å²) in [4.78, 5) is 25.9. The summed E-state index contributed by atoms with van der Waals surface area (Å²) in [6, 6.07) is 18.1. The second kappa shape index (κ2) is 10.9. The number of aromatic nitrogens is 4. The summed E-state index contributed by atoms with van der Waals surface area (Å²) in [7, 11) is 2.13. The summed E-state index contributed by atoms with van der Waals surface area (Å²) < 4.78 is 7.86. The molecule has 1 aliphatic heterocycles. The van der Waals surface area contributed by atoms with Gasteiger partial charge < -0.3 is 15.4 Å². The molecule has 1 aliphatic carbocycles. The summed E-state index contributed by atoms with van der Waals surface area (Å²) in [6.07, 6.45) is 9.78. The molecule has 2 aromatic heterocycles. The number of hydrogen-bond acceptors (Lipinski definition) is 7. The first-order valence-corrected chi connectivity index (χ1v) is 13.5. The van der Waals surface area contributed by atoms with E-state index in [2.05, 4.69) is 21.9 Å². The third-order valence-electron chi connectivity index (χ3n) is 7.80. The average molecular weight is 524 g/mol. The highest BCUT2D eigenvalue weighted by molar-refractivity contribution is 5.98. The predicted molar refractivity (Wildman–Crippen MR) is 151 cm³/mol. The second-order valence-corrected chi connectivity index (χ2v) is 10.3. The molecule has 1 atom stereocenters. The number of rotatable bonds is 8. The van der Waals surface area contributed by atoms with Crippen molar-refractivity contribution >= 4 is 22.8 Å². The van der Waals surface area contributed by atoms with Crippen LogP contribution in [0.2, 0.25) is 0 Å². The van der Waals surface area contributed by atoms with Gasteiger partial charge in [0.15, 0.2) is 5.65 Å². The van der Waals surface area contributed by atoms with Crippen molar-refractivity contribution in [2.24, 2.45) is 0 Å². The number of likely N-dealkylation sites (N-methyl/N-ethyl adjacent to an activating group) is 1. The molecule has 0 bridgehead atoms. The van der Waals surface area contributed by atoms with Crippen molar-refractivity contribution in [1.82, 2.24) is 29.5 Å². The Morgan fingerprint density at radius 1 is 1.08 bits per heavy atom. The number of benzene rings is 2. The summed E-state index contributed by atoms with van der Waals surface area (Å²) in [5.41, 5.74) is 8.62. The van der Waals surface area contributed by atoms with Crippen molar-refractivity contribution in [1.29, 1.82) is 0 Å². The lowest BCUT2D eigenvalue weighted by Crippen LogP contribution is -2.37. The van der Waals surface area contributed by atoms with Crippen molar-refractivity contribution in [2.75, 3.05) is 32.4 Å². The summed E-state index contributed by atoms with van der Waals surface area (Å²) in [6.45, 7) is 2.05. The smallest absolute Gasteiger partial charge is 0.246 e. The number of fused-ring (bicyclic) bond motifs is 1. The Morgan fingerprint density at radius 3 is 2.59 bits per heavy atom. The third kappa shape index (κ3) is 5.22. The Morgan fingerprint density at radius 2 is 1.85 bits per heavy atom.